The molecule has 0 radical (unpaired) electrons. The van der Waals surface area contributed by atoms with Gasteiger partial charge in [0, 0.05) is 26.1 Å². The fourth-order valence-electron chi connectivity index (χ4n) is 3.04. The number of hydrogen-bond acceptors (Lipinski definition) is 3. The summed E-state index contributed by atoms with van der Waals surface area (Å²) in [4.78, 5) is 36.5. The maximum absolute atomic E-state index is 14.0. The van der Waals surface area contributed by atoms with Crippen LogP contribution in [0.15, 0.2) is 42.5 Å². The van der Waals surface area contributed by atoms with Gasteiger partial charge in [0.2, 0.25) is 5.91 Å². The molecule has 0 spiro atoms. The van der Waals surface area contributed by atoms with Gasteiger partial charge in [0.1, 0.15) is 5.82 Å². The molecule has 0 saturated carbocycles. The molecule has 1 heterocycles. The molecule has 2 amide bonds. The van der Waals surface area contributed by atoms with E-state index in [1.807, 2.05) is 24.3 Å². The van der Waals surface area contributed by atoms with Gasteiger partial charge in [-0.3, -0.25) is 9.59 Å². The minimum absolute atomic E-state index is 0.147. The Hall–Kier alpha value is -3.22. The lowest BCUT2D eigenvalue weighted by molar-refractivity contribution is -0.128. The molecule has 0 unspecified atom stereocenters. The number of rotatable bonds is 6. The minimum atomic E-state index is -1.26. The smallest absolute Gasteiger partial charge is 0.335 e. The summed E-state index contributed by atoms with van der Waals surface area (Å²) in [5.41, 5.74) is 1.37. The second-order valence-electron chi connectivity index (χ2n) is 6.42. The molecule has 2 N–H and O–H groups in total. The van der Waals surface area contributed by atoms with Gasteiger partial charge in [-0.2, -0.15) is 0 Å². The van der Waals surface area contributed by atoms with Gasteiger partial charge in [0.25, 0.3) is 5.91 Å². The summed E-state index contributed by atoms with van der Waals surface area (Å²) < 4.78 is 14.0. The molecular weight excluding hydrogens is 351 g/mol. The van der Waals surface area contributed by atoms with Crippen LogP contribution in [0.3, 0.4) is 0 Å². The number of nitrogens with one attached hydrogen (secondary N) is 1. The third-order valence-corrected chi connectivity index (χ3v) is 4.45. The van der Waals surface area contributed by atoms with E-state index in [1.165, 1.54) is 6.07 Å². The lowest BCUT2D eigenvalue weighted by Gasteiger charge is -2.16. The van der Waals surface area contributed by atoms with Crippen molar-refractivity contribution in [2.75, 3.05) is 6.54 Å². The van der Waals surface area contributed by atoms with Gasteiger partial charge >= 0.3 is 5.97 Å². The number of hydrogen-bond donors (Lipinski definition) is 2. The molecule has 0 aromatic heterocycles. The summed E-state index contributed by atoms with van der Waals surface area (Å²) in [6.07, 6.45) is 1.46. The van der Waals surface area contributed by atoms with Gasteiger partial charge < -0.3 is 15.3 Å². The van der Waals surface area contributed by atoms with Gasteiger partial charge in [-0.05, 0) is 35.7 Å². The van der Waals surface area contributed by atoms with E-state index in [4.69, 9.17) is 5.11 Å². The fraction of sp³-hybridized carbons (Fsp3) is 0.250. The van der Waals surface area contributed by atoms with Crippen LogP contribution in [0.5, 0.6) is 0 Å². The predicted octanol–water partition coefficient (Wildman–Crippen LogP) is 2.58. The molecule has 6 nitrogen and oxygen atoms in total. The molecule has 2 aromatic rings. The van der Waals surface area contributed by atoms with Crippen molar-refractivity contribution < 1.29 is 23.9 Å². The maximum Gasteiger partial charge on any atom is 0.335 e. The predicted molar refractivity (Wildman–Crippen MR) is 95.6 cm³/mol. The zero-order valence-corrected chi connectivity index (χ0v) is 14.6. The van der Waals surface area contributed by atoms with Crippen molar-refractivity contribution in [3.8, 4) is 0 Å². The Labute approximate surface area is 155 Å². The van der Waals surface area contributed by atoms with Crippen LogP contribution in [0.2, 0.25) is 0 Å². The Morgan fingerprint density at radius 2 is 1.93 bits per heavy atom. The van der Waals surface area contributed by atoms with Crippen LogP contribution in [-0.4, -0.2) is 34.3 Å². The van der Waals surface area contributed by atoms with Crippen LogP contribution in [0.25, 0.3) is 0 Å². The largest absolute Gasteiger partial charge is 0.478 e. The van der Waals surface area contributed by atoms with Gasteiger partial charge in [0.05, 0.1) is 11.1 Å². The molecule has 0 bridgehead atoms. The molecular formula is C20H19FN2O4. The average molecular weight is 370 g/mol. The van der Waals surface area contributed by atoms with Crippen LogP contribution in [0.4, 0.5) is 4.39 Å². The van der Waals surface area contributed by atoms with Gasteiger partial charge in [-0.25, -0.2) is 9.18 Å². The summed E-state index contributed by atoms with van der Waals surface area (Å²) in [5, 5.41) is 11.5. The molecule has 1 aliphatic rings. The molecule has 0 atom stereocenters. The van der Waals surface area contributed by atoms with E-state index in [-0.39, 0.29) is 23.6 Å². The lowest BCUT2D eigenvalue weighted by Crippen LogP contribution is -2.25. The monoisotopic (exact) mass is 370 g/mol. The second-order valence-corrected chi connectivity index (χ2v) is 6.42. The summed E-state index contributed by atoms with van der Waals surface area (Å²) >= 11 is 0. The Bertz CT molecular complexity index is 897. The molecule has 7 heteroatoms. The Kier molecular flexibility index (Phi) is 5.49. The van der Waals surface area contributed by atoms with Crippen molar-refractivity contribution in [3.63, 3.8) is 0 Å². The van der Waals surface area contributed by atoms with Crippen LogP contribution < -0.4 is 5.32 Å². The highest BCUT2D eigenvalue weighted by molar-refractivity contribution is 5.96. The first kappa shape index (κ1) is 18.6. The van der Waals surface area contributed by atoms with Crippen molar-refractivity contribution in [2.45, 2.75) is 25.9 Å². The van der Waals surface area contributed by atoms with Gasteiger partial charge in [-0.15, -0.1) is 0 Å². The highest BCUT2D eigenvalue weighted by atomic mass is 19.1. The summed E-state index contributed by atoms with van der Waals surface area (Å²) in [6.45, 7) is 1.48. The molecule has 1 fully saturated rings. The van der Waals surface area contributed by atoms with Crippen LogP contribution in [0, 0.1) is 5.82 Å². The number of amides is 2. The average Bonchev–Trinajstić information content (AvgIpc) is 3.04. The number of carboxylic acid groups (broad SMARTS) is 1. The third kappa shape index (κ3) is 4.49. The van der Waals surface area contributed by atoms with Crippen LogP contribution in [-0.2, 0) is 17.9 Å². The van der Waals surface area contributed by atoms with Crippen molar-refractivity contribution >= 4 is 17.8 Å². The van der Waals surface area contributed by atoms with Crippen LogP contribution in [0.1, 0.15) is 44.7 Å². The zero-order chi connectivity index (χ0) is 19.4. The van der Waals surface area contributed by atoms with Crippen molar-refractivity contribution in [2.24, 2.45) is 0 Å². The number of likely N-dealkylation sites (tertiary alicyclic amines) is 1. The standard InChI is InChI=1S/C20H19FN2O4/c21-17-10-15(20(26)27)6-7-16(17)19(25)22-11-13-3-1-4-14(9-13)12-23-8-2-5-18(23)24/h1,3-4,6-7,9-10H,2,5,8,11-12H2,(H,22,25)(H,26,27). The minimum Gasteiger partial charge on any atom is -0.478 e. The highest BCUT2D eigenvalue weighted by Gasteiger charge is 2.20. The topological polar surface area (TPSA) is 86.7 Å². The first-order valence-corrected chi connectivity index (χ1v) is 8.60. The number of carbonyl (C=O) groups excluding carboxylic acids is 2. The summed E-state index contributed by atoms with van der Waals surface area (Å²) in [7, 11) is 0. The van der Waals surface area contributed by atoms with Crippen molar-refractivity contribution in [3.05, 3.63) is 70.5 Å². The quantitative estimate of drug-likeness (QED) is 0.818. The van der Waals surface area contributed by atoms with Gasteiger partial charge in [-0.1, -0.05) is 24.3 Å². The van der Waals surface area contributed by atoms with Crippen molar-refractivity contribution in [1.82, 2.24) is 10.2 Å². The van der Waals surface area contributed by atoms with E-state index in [1.54, 1.807) is 4.90 Å². The Balaban J connectivity index is 1.63. The Morgan fingerprint density at radius 1 is 1.15 bits per heavy atom. The number of carbonyl (C=O) groups is 3. The highest BCUT2D eigenvalue weighted by Crippen LogP contribution is 2.16. The third-order valence-electron chi connectivity index (χ3n) is 4.45. The van der Waals surface area contributed by atoms with E-state index in [0.717, 1.165) is 36.2 Å². The van der Waals surface area contributed by atoms with Crippen molar-refractivity contribution in [1.29, 1.82) is 0 Å². The van der Waals surface area contributed by atoms with E-state index < -0.39 is 17.7 Å². The molecule has 2 aromatic carbocycles. The Morgan fingerprint density at radius 3 is 2.59 bits per heavy atom. The lowest BCUT2D eigenvalue weighted by atomic mass is 10.1. The molecule has 0 aliphatic carbocycles. The summed E-state index contributed by atoms with van der Waals surface area (Å²) in [6, 6.07) is 10.7. The number of aromatic carboxylic acids is 1. The SMILES string of the molecule is O=C(O)c1ccc(C(=O)NCc2cccc(CN3CCCC3=O)c2)c(F)c1. The zero-order valence-electron chi connectivity index (χ0n) is 14.6. The van der Waals surface area contributed by atoms with E-state index >= 15 is 0 Å². The number of nitrogens with zero attached hydrogens (tertiary/aromatic N) is 1. The van der Waals surface area contributed by atoms with Crippen LogP contribution >= 0.6 is 0 Å². The molecule has 1 saturated heterocycles. The van der Waals surface area contributed by atoms with E-state index in [9.17, 15) is 18.8 Å². The normalized spacial score (nSPS) is 13.7. The van der Waals surface area contributed by atoms with Gasteiger partial charge in [0.15, 0.2) is 0 Å². The number of halogens is 1. The molecule has 3 rings (SSSR count). The molecule has 27 heavy (non-hydrogen) atoms. The second kappa shape index (κ2) is 7.99. The van der Waals surface area contributed by atoms with E-state index in [0.29, 0.717) is 13.0 Å². The molecule has 1 aliphatic heterocycles. The summed E-state index contributed by atoms with van der Waals surface area (Å²) in [5.74, 6) is -2.61. The first-order chi connectivity index (χ1) is 12.9. The first-order valence-electron chi connectivity index (χ1n) is 8.60. The fourth-order valence-corrected chi connectivity index (χ4v) is 3.04. The maximum atomic E-state index is 14.0. The van der Waals surface area contributed by atoms with E-state index in [2.05, 4.69) is 5.32 Å². The number of benzene rings is 2. The molecule has 140 valence electrons. The number of carboxylic acids is 1.